The summed E-state index contributed by atoms with van der Waals surface area (Å²) >= 11 is 0. The zero-order valence-electron chi connectivity index (χ0n) is 28.8. The molecular weight excluding hydrogens is 544 g/mol. The molecule has 1 unspecified atom stereocenters. The van der Waals surface area contributed by atoms with Crippen LogP contribution < -0.4 is 0 Å². The fraction of sp³-hybridized carbons (Fsp3) is 0.500. The average Bonchev–Trinajstić information content (AvgIpc) is 3.27. The molecule has 0 aromatic carbocycles. The SMILES string of the molecule is CC(/C=C/C=C(C)/C=C/C(=O)C1(C)C[C@@H](O)CC1(C)C)=C\C=C\C=C(C)\C=C\C=C(C)\C=C\C(=O)[C@]1(C)C[C@@H](O)CC1(C)C. The summed E-state index contributed by atoms with van der Waals surface area (Å²) in [4.78, 5) is 25.9. The van der Waals surface area contributed by atoms with Gasteiger partial charge in [-0.25, -0.2) is 0 Å². The predicted octanol–water partition coefficient (Wildman–Crippen LogP) is 9.07. The van der Waals surface area contributed by atoms with Gasteiger partial charge in [0.15, 0.2) is 11.6 Å². The van der Waals surface area contributed by atoms with Gasteiger partial charge in [-0.05, 0) is 76.4 Å². The molecule has 2 aliphatic rings. The maximum absolute atomic E-state index is 12.9. The second kappa shape index (κ2) is 15.3. The van der Waals surface area contributed by atoms with E-state index >= 15 is 0 Å². The van der Waals surface area contributed by atoms with Crippen LogP contribution in [0, 0.1) is 21.7 Å². The van der Waals surface area contributed by atoms with Crippen molar-refractivity contribution in [1.82, 2.24) is 0 Å². The van der Waals surface area contributed by atoms with E-state index in [4.69, 9.17) is 0 Å². The summed E-state index contributed by atoms with van der Waals surface area (Å²) in [5.74, 6) is 0.148. The Hall–Kier alpha value is -3.08. The molecule has 44 heavy (non-hydrogen) atoms. The average molecular weight is 601 g/mol. The molecule has 0 amide bonds. The van der Waals surface area contributed by atoms with Crippen LogP contribution in [0.15, 0.2) is 107 Å². The van der Waals surface area contributed by atoms with Crippen LogP contribution in [0.25, 0.3) is 0 Å². The number of allylic oxidation sites excluding steroid dienone is 18. The van der Waals surface area contributed by atoms with Crippen LogP contribution in [0.2, 0.25) is 0 Å². The van der Waals surface area contributed by atoms with Crippen molar-refractivity contribution in [1.29, 1.82) is 0 Å². The number of hydrogen-bond donors (Lipinski definition) is 2. The van der Waals surface area contributed by atoms with Gasteiger partial charge in [-0.15, -0.1) is 0 Å². The maximum atomic E-state index is 12.9. The number of carbonyl (C=O) groups excluding carboxylic acids is 2. The van der Waals surface area contributed by atoms with E-state index in [0.29, 0.717) is 25.7 Å². The largest absolute Gasteiger partial charge is 0.393 e. The first-order valence-corrected chi connectivity index (χ1v) is 15.9. The van der Waals surface area contributed by atoms with Crippen LogP contribution in [-0.4, -0.2) is 34.0 Å². The van der Waals surface area contributed by atoms with Gasteiger partial charge in [0.1, 0.15) is 0 Å². The summed E-state index contributed by atoms with van der Waals surface area (Å²) in [7, 11) is 0. The molecule has 0 saturated heterocycles. The lowest BCUT2D eigenvalue weighted by atomic mass is 9.66. The van der Waals surface area contributed by atoms with Gasteiger partial charge in [-0.3, -0.25) is 9.59 Å². The Bertz CT molecular complexity index is 1230. The second-order valence-electron chi connectivity index (χ2n) is 14.7. The third-order valence-corrected chi connectivity index (χ3v) is 10.1. The van der Waals surface area contributed by atoms with Crippen molar-refractivity contribution in [2.75, 3.05) is 0 Å². The van der Waals surface area contributed by atoms with Crippen molar-refractivity contribution < 1.29 is 19.8 Å². The summed E-state index contributed by atoms with van der Waals surface area (Å²) in [6.45, 7) is 20.2. The zero-order valence-corrected chi connectivity index (χ0v) is 28.8. The standard InChI is InChI=1S/C40H56O4/c1-29(17-13-19-31(3)21-23-35(43)39(9)27-33(41)25-37(39,5)6)15-11-12-16-30(2)18-14-20-32(4)22-24-36(44)40(10)28-34(42)26-38(40,7)8/h11-24,33-34,41-42H,25-28H2,1-10H3/b12-11+,17-13+,18-14+,23-21+,24-22+,29-15+,30-16+,31-19+,32-20+/t33-,34-,39-,40?/m0/s1. The lowest BCUT2D eigenvalue weighted by molar-refractivity contribution is -0.128. The van der Waals surface area contributed by atoms with Gasteiger partial charge in [-0.2, -0.15) is 0 Å². The molecule has 2 N–H and O–H groups in total. The summed E-state index contributed by atoms with van der Waals surface area (Å²) in [5, 5.41) is 20.2. The molecule has 240 valence electrons. The van der Waals surface area contributed by atoms with E-state index in [-0.39, 0.29) is 22.4 Å². The lowest BCUT2D eigenvalue weighted by Crippen LogP contribution is -2.36. The molecule has 0 bridgehead atoms. The number of carbonyl (C=O) groups is 2. The molecular formula is C40H56O4. The number of hydrogen-bond acceptors (Lipinski definition) is 4. The highest BCUT2D eigenvalue weighted by atomic mass is 16.3. The van der Waals surface area contributed by atoms with Gasteiger partial charge in [0.05, 0.1) is 12.2 Å². The molecule has 0 aliphatic heterocycles. The number of aliphatic hydroxyl groups is 2. The Morgan fingerprint density at radius 1 is 0.477 bits per heavy atom. The van der Waals surface area contributed by atoms with E-state index in [0.717, 1.165) is 22.3 Å². The summed E-state index contributed by atoms with van der Waals surface area (Å²) in [5.41, 5.74) is 2.65. The third-order valence-electron chi connectivity index (χ3n) is 10.1. The first kappa shape index (κ1) is 37.1. The van der Waals surface area contributed by atoms with Crippen LogP contribution in [0.5, 0.6) is 0 Å². The number of aliphatic hydroxyl groups excluding tert-OH is 2. The highest BCUT2D eigenvalue weighted by Crippen LogP contribution is 2.54. The summed E-state index contributed by atoms with van der Waals surface area (Å²) in [6.07, 6.45) is 28.6. The Kier molecular flexibility index (Phi) is 12.9. The van der Waals surface area contributed by atoms with E-state index < -0.39 is 23.0 Å². The van der Waals surface area contributed by atoms with Crippen LogP contribution >= 0.6 is 0 Å². The van der Waals surface area contributed by atoms with E-state index in [1.54, 1.807) is 12.2 Å². The van der Waals surface area contributed by atoms with Crippen molar-refractivity contribution in [2.45, 2.75) is 107 Å². The number of rotatable bonds is 12. The first-order valence-electron chi connectivity index (χ1n) is 15.9. The predicted molar refractivity (Wildman–Crippen MR) is 185 cm³/mol. The Morgan fingerprint density at radius 3 is 1.07 bits per heavy atom. The minimum absolute atomic E-state index is 0.0742. The van der Waals surface area contributed by atoms with Crippen molar-refractivity contribution >= 4 is 11.6 Å². The third kappa shape index (κ3) is 9.71. The molecule has 2 saturated carbocycles. The van der Waals surface area contributed by atoms with Crippen molar-refractivity contribution in [3.8, 4) is 0 Å². The van der Waals surface area contributed by atoms with Gasteiger partial charge in [0.2, 0.25) is 0 Å². The van der Waals surface area contributed by atoms with Crippen LogP contribution in [0.4, 0.5) is 0 Å². The molecule has 2 rings (SSSR count). The van der Waals surface area contributed by atoms with Crippen LogP contribution in [0.3, 0.4) is 0 Å². The first-order chi connectivity index (χ1) is 20.3. The van der Waals surface area contributed by atoms with Crippen LogP contribution in [-0.2, 0) is 9.59 Å². The fourth-order valence-electron chi connectivity index (χ4n) is 6.26. The maximum Gasteiger partial charge on any atom is 0.162 e. The highest BCUT2D eigenvalue weighted by Gasteiger charge is 2.53. The van der Waals surface area contributed by atoms with Gasteiger partial charge in [0.25, 0.3) is 0 Å². The molecule has 4 nitrogen and oxygen atoms in total. The fourth-order valence-corrected chi connectivity index (χ4v) is 6.26. The Labute approximate surface area is 267 Å². The van der Waals surface area contributed by atoms with Gasteiger partial charge in [0, 0.05) is 10.8 Å². The van der Waals surface area contributed by atoms with Crippen LogP contribution in [0.1, 0.15) is 94.9 Å². The number of ketones is 2. The smallest absolute Gasteiger partial charge is 0.162 e. The van der Waals surface area contributed by atoms with Gasteiger partial charge >= 0.3 is 0 Å². The Morgan fingerprint density at radius 2 is 0.773 bits per heavy atom. The molecule has 0 aromatic rings. The molecule has 2 fully saturated rings. The molecule has 0 heterocycles. The molecule has 0 spiro atoms. The molecule has 0 aromatic heterocycles. The second-order valence-corrected chi connectivity index (χ2v) is 14.7. The normalized spacial score (nSPS) is 30.3. The highest BCUT2D eigenvalue weighted by molar-refractivity contribution is 5.96. The van der Waals surface area contributed by atoms with Gasteiger partial charge < -0.3 is 10.2 Å². The topological polar surface area (TPSA) is 74.6 Å². The van der Waals surface area contributed by atoms with Crippen molar-refractivity contribution in [2.24, 2.45) is 21.7 Å². The summed E-state index contributed by atoms with van der Waals surface area (Å²) < 4.78 is 0. The van der Waals surface area contributed by atoms with Gasteiger partial charge in [-0.1, -0.05) is 137 Å². The Balaban J connectivity index is 1.87. The minimum atomic E-state index is -0.542. The molecule has 2 aliphatic carbocycles. The van der Waals surface area contributed by atoms with Crippen molar-refractivity contribution in [3.63, 3.8) is 0 Å². The lowest BCUT2D eigenvalue weighted by Gasteiger charge is -2.35. The van der Waals surface area contributed by atoms with Crippen molar-refractivity contribution in [3.05, 3.63) is 107 Å². The molecule has 4 atom stereocenters. The van der Waals surface area contributed by atoms with E-state index in [1.807, 2.05) is 114 Å². The van der Waals surface area contributed by atoms with E-state index in [1.165, 1.54) is 0 Å². The quantitative estimate of drug-likeness (QED) is 0.173. The zero-order chi connectivity index (χ0) is 33.3. The van der Waals surface area contributed by atoms with E-state index in [9.17, 15) is 19.8 Å². The molecule has 4 heteroatoms. The minimum Gasteiger partial charge on any atom is -0.393 e. The van der Waals surface area contributed by atoms with E-state index in [2.05, 4.69) is 27.7 Å². The molecule has 0 radical (unpaired) electrons. The summed E-state index contributed by atoms with van der Waals surface area (Å²) in [6, 6.07) is 0. The monoisotopic (exact) mass is 600 g/mol.